The molecule has 0 radical (unpaired) electrons. The second-order valence-corrected chi connectivity index (χ2v) is 3.67. The van der Waals surface area contributed by atoms with Crippen LogP contribution in [-0.2, 0) is 0 Å². The van der Waals surface area contributed by atoms with Gasteiger partial charge in [0.25, 0.3) is 5.91 Å². The highest BCUT2D eigenvalue weighted by Crippen LogP contribution is 2.19. The second-order valence-electron chi connectivity index (χ2n) is 3.67. The molecule has 0 saturated carbocycles. The molecule has 0 fully saturated rings. The topological polar surface area (TPSA) is 148 Å². The Morgan fingerprint density at radius 3 is 2.94 bits per heavy atom. The Morgan fingerprint density at radius 2 is 2.33 bits per heavy atom. The number of primary amides is 1. The standard InChI is InChI=1S/C9H12N8O/c1-4(8-14-16-17-15-8)13-9-6(7(11)18)2-5(10)3-12-9/h2-4H,10H2,1H3,(H2,11,18)(H,12,13)(H,14,15,16,17). The molecule has 0 aromatic carbocycles. The van der Waals surface area contributed by atoms with Crippen LogP contribution in [0.3, 0.4) is 0 Å². The van der Waals surface area contributed by atoms with Crippen LogP contribution in [0.25, 0.3) is 0 Å². The highest BCUT2D eigenvalue weighted by Gasteiger charge is 2.15. The van der Waals surface area contributed by atoms with E-state index in [0.29, 0.717) is 17.3 Å². The Bertz CT molecular complexity index is 552. The van der Waals surface area contributed by atoms with Crippen LogP contribution in [-0.4, -0.2) is 31.5 Å². The molecule has 1 atom stereocenters. The number of carbonyl (C=O) groups is 1. The molecule has 0 saturated heterocycles. The maximum Gasteiger partial charge on any atom is 0.252 e. The minimum absolute atomic E-state index is 0.213. The number of hydrogen-bond acceptors (Lipinski definition) is 7. The van der Waals surface area contributed by atoms with E-state index in [9.17, 15) is 4.79 Å². The second kappa shape index (κ2) is 4.65. The van der Waals surface area contributed by atoms with Crippen LogP contribution in [0.15, 0.2) is 12.3 Å². The molecule has 6 N–H and O–H groups in total. The molecule has 2 heterocycles. The summed E-state index contributed by atoms with van der Waals surface area (Å²) >= 11 is 0. The summed E-state index contributed by atoms with van der Waals surface area (Å²) in [6, 6.07) is 1.18. The Labute approximate surface area is 102 Å². The van der Waals surface area contributed by atoms with E-state index in [1.165, 1.54) is 12.3 Å². The number of H-pyrrole nitrogens is 1. The Hall–Kier alpha value is -2.71. The van der Waals surface area contributed by atoms with E-state index >= 15 is 0 Å². The van der Waals surface area contributed by atoms with Crippen LogP contribution >= 0.6 is 0 Å². The van der Waals surface area contributed by atoms with Gasteiger partial charge in [0.05, 0.1) is 23.5 Å². The fourth-order valence-corrected chi connectivity index (χ4v) is 1.41. The monoisotopic (exact) mass is 248 g/mol. The summed E-state index contributed by atoms with van der Waals surface area (Å²) in [6.07, 6.45) is 1.43. The quantitative estimate of drug-likeness (QED) is 0.567. The average Bonchev–Trinajstić information content (AvgIpc) is 2.84. The molecule has 1 unspecified atom stereocenters. The van der Waals surface area contributed by atoms with Crippen LogP contribution in [0, 0.1) is 0 Å². The zero-order valence-electron chi connectivity index (χ0n) is 9.58. The molecule has 0 aliphatic rings. The number of pyridine rings is 1. The third-order valence-corrected chi connectivity index (χ3v) is 2.28. The summed E-state index contributed by atoms with van der Waals surface area (Å²) in [5.74, 6) is 0.163. The predicted molar refractivity (Wildman–Crippen MR) is 63.4 cm³/mol. The van der Waals surface area contributed by atoms with E-state index in [-0.39, 0.29) is 11.6 Å². The fraction of sp³-hybridized carbons (Fsp3) is 0.222. The number of nitrogens with two attached hydrogens (primary N) is 2. The van der Waals surface area contributed by atoms with Crippen molar-refractivity contribution in [2.75, 3.05) is 11.1 Å². The lowest BCUT2D eigenvalue weighted by molar-refractivity contribution is 0.100. The van der Waals surface area contributed by atoms with Gasteiger partial charge in [0.1, 0.15) is 5.82 Å². The minimum atomic E-state index is -0.613. The van der Waals surface area contributed by atoms with Gasteiger partial charge in [0.2, 0.25) is 0 Å². The average molecular weight is 248 g/mol. The lowest BCUT2D eigenvalue weighted by Crippen LogP contribution is -2.18. The first kappa shape index (κ1) is 11.8. The summed E-state index contributed by atoms with van der Waals surface area (Å²) in [6.45, 7) is 1.80. The van der Waals surface area contributed by atoms with Crippen molar-refractivity contribution in [2.24, 2.45) is 5.73 Å². The highest BCUT2D eigenvalue weighted by molar-refractivity contribution is 5.98. The number of nitrogens with zero attached hydrogens (tertiary/aromatic N) is 4. The van der Waals surface area contributed by atoms with Crippen LogP contribution in [0.4, 0.5) is 11.5 Å². The third-order valence-electron chi connectivity index (χ3n) is 2.28. The number of amides is 1. The van der Waals surface area contributed by atoms with Gasteiger partial charge in [-0.3, -0.25) is 4.79 Å². The first-order valence-electron chi connectivity index (χ1n) is 5.13. The lowest BCUT2D eigenvalue weighted by atomic mass is 10.2. The van der Waals surface area contributed by atoms with Crippen molar-refractivity contribution in [3.63, 3.8) is 0 Å². The van der Waals surface area contributed by atoms with Crippen LogP contribution in [0.1, 0.15) is 29.1 Å². The number of aromatic nitrogens is 5. The molecule has 94 valence electrons. The molecule has 0 aliphatic carbocycles. The number of carbonyl (C=O) groups excluding carboxylic acids is 1. The summed E-state index contributed by atoms with van der Waals surface area (Å²) in [5, 5.41) is 16.4. The van der Waals surface area contributed by atoms with E-state index < -0.39 is 5.91 Å². The Kier molecular flexibility index (Phi) is 3.04. The maximum atomic E-state index is 11.3. The van der Waals surface area contributed by atoms with Crippen molar-refractivity contribution >= 4 is 17.4 Å². The number of rotatable bonds is 4. The molecule has 0 bridgehead atoms. The van der Waals surface area contributed by atoms with Crippen LogP contribution in [0.5, 0.6) is 0 Å². The fourth-order valence-electron chi connectivity index (χ4n) is 1.41. The Balaban J connectivity index is 2.26. The van der Waals surface area contributed by atoms with Crippen molar-refractivity contribution < 1.29 is 4.79 Å². The molecule has 2 aromatic rings. The maximum absolute atomic E-state index is 11.3. The number of tetrazole rings is 1. The third kappa shape index (κ3) is 2.34. The summed E-state index contributed by atoms with van der Waals surface area (Å²) in [4.78, 5) is 15.3. The Morgan fingerprint density at radius 1 is 1.56 bits per heavy atom. The molecule has 9 nitrogen and oxygen atoms in total. The van der Waals surface area contributed by atoms with E-state index in [2.05, 4.69) is 30.9 Å². The van der Waals surface area contributed by atoms with Gasteiger partial charge < -0.3 is 16.8 Å². The van der Waals surface area contributed by atoms with Gasteiger partial charge in [-0.25, -0.2) is 4.98 Å². The largest absolute Gasteiger partial charge is 0.397 e. The van der Waals surface area contributed by atoms with E-state index in [0.717, 1.165) is 0 Å². The zero-order chi connectivity index (χ0) is 13.1. The highest BCUT2D eigenvalue weighted by atomic mass is 16.1. The van der Waals surface area contributed by atoms with E-state index in [1.54, 1.807) is 6.92 Å². The number of nitrogens with one attached hydrogen (secondary N) is 2. The van der Waals surface area contributed by atoms with Crippen molar-refractivity contribution in [3.8, 4) is 0 Å². The zero-order valence-corrected chi connectivity index (χ0v) is 9.58. The van der Waals surface area contributed by atoms with Crippen molar-refractivity contribution in [1.29, 1.82) is 0 Å². The number of hydrogen-bond donors (Lipinski definition) is 4. The summed E-state index contributed by atoms with van der Waals surface area (Å²) < 4.78 is 0. The minimum Gasteiger partial charge on any atom is -0.397 e. The summed E-state index contributed by atoms with van der Waals surface area (Å²) in [7, 11) is 0. The smallest absolute Gasteiger partial charge is 0.252 e. The van der Waals surface area contributed by atoms with Gasteiger partial charge in [-0.2, -0.15) is 5.21 Å². The molecular formula is C9H12N8O. The van der Waals surface area contributed by atoms with Crippen molar-refractivity contribution in [2.45, 2.75) is 13.0 Å². The molecule has 1 amide bonds. The van der Waals surface area contributed by atoms with E-state index in [1.807, 2.05) is 0 Å². The molecule has 0 aliphatic heterocycles. The molecule has 2 rings (SSSR count). The molecule has 2 aromatic heterocycles. The van der Waals surface area contributed by atoms with Crippen molar-refractivity contribution in [3.05, 3.63) is 23.7 Å². The lowest BCUT2D eigenvalue weighted by Gasteiger charge is -2.13. The summed E-state index contributed by atoms with van der Waals surface area (Å²) in [5.41, 5.74) is 11.4. The van der Waals surface area contributed by atoms with Gasteiger partial charge in [-0.15, -0.1) is 10.2 Å². The van der Waals surface area contributed by atoms with Gasteiger partial charge in [0.15, 0.2) is 5.82 Å². The van der Waals surface area contributed by atoms with Gasteiger partial charge >= 0.3 is 0 Å². The van der Waals surface area contributed by atoms with Gasteiger partial charge in [-0.1, -0.05) is 5.21 Å². The SMILES string of the molecule is CC(Nc1ncc(N)cc1C(N)=O)c1nn[nH]n1. The van der Waals surface area contributed by atoms with Gasteiger partial charge in [-0.05, 0) is 13.0 Å². The van der Waals surface area contributed by atoms with Gasteiger partial charge in [0, 0.05) is 0 Å². The number of nitrogen functional groups attached to an aromatic ring is 1. The first-order valence-corrected chi connectivity index (χ1v) is 5.13. The van der Waals surface area contributed by atoms with Crippen LogP contribution in [0.2, 0.25) is 0 Å². The first-order chi connectivity index (χ1) is 8.58. The molecule has 0 spiro atoms. The molecular weight excluding hydrogens is 236 g/mol. The van der Waals surface area contributed by atoms with Crippen LogP contribution < -0.4 is 16.8 Å². The molecule has 9 heteroatoms. The van der Waals surface area contributed by atoms with Crippen molar-refractivity contribution in [1.82, 2.24) is 25.6 Å². The number of anilines is 2. The predicted octanol–water partition coefficient (Wildman–Crippen LogP) is -0.551. The molecule has 18 heavy (non-hydrogen) atoms. The van der Waals surface area contributed by atoms with E-state index in [4.69, 9.17) is 11.5 Å². The number of aromatic amines is 1. The normalized spacial score (nSPS) is 12.1.